The van der Waals surface area contributed by atoms with E-state index in [1.807, 2.05) is 6.07 Å². The summed E-state index contributed by atoms with van der Waals surface area (Å²) >= 11 is 3.28. The average molecular weight is 378 g/mol. The van der Waals surface area contributed by atoms with Crippen molar-refractivity contribution in [1.82, 2.24) is 0 Å². The first-order valence-electron chi connectivity index (χ1n) is 6.91. The minimum atomic E-state index is -0.930. The first kappa shape index (κ1) is 17.0. The maximum absolute atomic E-state index is 12.2. The van der Waals surface area contributed by atoms with Crippen molar-refractivity contribution in [3.63, 3.8) is 0 Å². The molecule has 0 saturated heterocycles. The number of esters is 1. The maximum atomic E-state index is 12.2. The number of anilines is 1. The molecule has 120 valence electrons. The Hall–Kier alpha value is -2.34. The molecule has 0 saturated carbocycles. The Morgan fingerprint density at radius 1 is 1.13 bits per heavy atom. The molecule has 0 aliphatic heterocycles. The molecule has 0 aliphatic rings. The first-order valence-corrected chi connectivity index (χ1v) is 7.71. The van der Waals surface area contributed by atoms with E-state index >= 15 is 0 Å². The molecule has 2 rings (SSSR count). The lowest BCUT2D eigenvalue weighted by molar-refractivity contribution is -0.123. The summed E-state index contributed by atoms with van der Waals surface area (Å²) in [6.45, 7) is 1.52. The molecule has 0 aromatic heterocycles. The molecule has 6 heteroatoms. The van der Waals surface area contributed by atoms with Crippen LogP contribution in [-0.4, -0.2) is 25.1 Å². The Morgan fingerprint density at radius 3 is 2.48 bits per heavy atom. The summed E-state index contributed by atoms with van der Waals surface area (Å²) in [4.78, 5) is 24.3. The second-order valence-corrected chi connectivity index (χ2v) is 5.60. The fourth-order valence-electron chi connectivity index (χ4n) is 1.83. The van der Waals surface area contributed by atoms with E-state index in [0.717, 1.165) is 0 Å². The van der Waals surface area contributed by atoms with Crippen molar-refractivity contribution >= 4 is 33.5 Å². The van der Waals surface area contributed by atoms with Crippen molar-refractivity contribution in [2.24, 2.45) is 0 Å². The molecular weight excluding hydrogens is 362 g/mol. The van der Waals surface area contributed by atoms with Gasteiger partial charge in [-0.05, 0) is 53.2 Å². The number of rotatable bonds is 5. The Morgan fingerprint density at radius 2 is 1.83 bits per heavy atom. The smallest absolute Gasteiger partial charge is 0.340 e. The third-order valence-corrected chi connectivity index (χ3v) is 3.78. The van der Waals surface area contributed by atoms with Gasteiger partial charge in [0.05, 0.1) is 12.7 Å². The highest BCUT2D eigenvalue weighted by molar-refractivity contribution is 9.10. The monoisotopic (exact) mass is 377 g/mol. The fraction of sp³-hybridized carbons (Fsp3) is 0.176. The zero-order chi connectivity index (χ0) is 16.8. The minimum Gasteiger partial charge on any atom is -0.497 e. The molecule has 2 aromatic rings. The molecule has 0 fully saturated rings. The van der Waals surface area contributed by atoms with Gasteiger partial charge < -0.3 is 14.8 Å². The van der Waals surface area contributed by atoms with Gasteiger partial charge in [-0.1, -0.05) is 18.2 Å². The number of carbonyl (C=O) groups excluding carboxylic acids is 2. The molecule has 0 bridgehead atoms. The highest BCUT2D eigenvalue weighted by Crippen LogP contribution is 2.23. The van der Waals surface area contributed by atoms with Crippen LogP contribution in [-0.2, 0) is 9.53 Å². The maximum Gasteiger partial charge on any atom is 0.340 e. The van der Waals surface area contributed by atoms with Crippen LogP contribution >= 0.6 is 15.9 Å². The van der Waals surface area contributed by atoms with Crippen LogP contribution in [0.5, 0.6) is 5.75 Å². The predicted octanol–water partition coefficient (Wildman–Crippen LogP) is 3.64. The number of ether oxygens (including phenoxy) is 2. The van der Waals surface area contributed by atoms with Crippen LogP contribution in [0.4, 0.5) is 5.69 Å². The highest BCUT2D eigenvalue weighted by Gasteiger charge is 2.21. The minimum absolute atomic E-state index is 0.295. The van der Waals surface area contributed by atoms with Gasteiger partial charge in [-0.2, -0.15) is 0 Å². The van der Waals surface area contributed by atoms with E-state index < -0.39 is 18.0 Å². The van der Waals surface area contributed by atoms with Gasteiger partial charge >= 0.3 is 5.97 Å². The number of carbonyl (C=O) groups is 2. The van der Waals surface area contributed by atoms with Crippen LogP contribution in [0.15, 0.2) is 53.0 Å². The van der Waals surface area contributed by atoms with Gasteiger partial charge in [0.15, 0.2) is 6.10 Å². The Kier molecular flexibility index (Phi) is 5.76. The lowest BCUT2D eigenvalue weighted by Gasteiger charge is -2.14. The Balaban J connectivity index is 2.03. The van der Waals surface area contributed by atoms with Crippen LogP contribution < -0.4 is 10.1 Å². The number of amides is 1. The van der Waals surface area contributed by atoms with Gasteiger partial charge in [-0.25, -0.2) is 4.79 Å². The second kappa shape index (κ2) is 7.78. The van der Waals surface area contributed by atoms with Gasteiger partial charge in [-0.15, -0.1) is 0 Å². The van der Waals surface area contributed by atoms with Crippen molar-refractivity contribution in [3.8, 4) is 5.75 Å². The summed E-state index contributed by atoms with van der Waals surface area (Å²) in [6.07, 6.45) is -0.930. The van der Waals surface area contributed by atoms with Crippen LogP contribution in [0, 0.1) is 0 Å². The number of halogens is 1. The molecular formula is C17H16BrNO4. The summed E-state index contributed by atoms with van der Waals surface area (Å²) in [5, 5.41) is 2.68. The number of nitrogens with one attached hydrogen (secondary N) is 1. The zero-order valence-electron chi connectivity index (χ0n) is 12.7. The van der Waals surface area contributed by atoms with E-state index in [9.17, 15) is 9.59 Å². The average Bonchev–Trinajstić information content (AvgIpc) is 2.56. The lowest BCUT2D eigenvalue weighted by atomic mass is 10.2. The van der Waals surface area contributed by atoms with Gasteiger partial charge in [0.1, 0.15) is 5.75 Å². The van der Waals surface area contributed by atoms with Gasteiger partial charge in [0.25, 0.3) is 5.91 Å². The first-order chi connectivity index (χ1) is 11.0. The van der Waals surface area contributed by atoms with E-state index in [1.165, 1.54) is 14.0 Å². The zero-order valence-corrected chi connectivity index (χ0v) is 14.3. The molecule has 1 atom stereocenters. The van der Waals surface area contributed by atoms with Crippen LogP contribution in [0.1, 0.15) is 17.3 Å². The fourth-order valence-corrected chi connectivity index (χ4v) is 2.24. The largest absolute Gasteiger partial charge is 0.497 e. The number of para-hydroxylation sites is 1. The Bertz CT molecular complexity index is 703. The molecule has 1 amide bonds. The highest BCUT2D eigenvalue weighted by atomic mass is 79.9. The molecule has 0 spiro atoms. The second-order valence-electron chi connectivity index (χ2n) is 4.75. The number of methoxy groups -OCH3 is 1. The molecule has 0 heterocycles. The SMILES string of the molecule is COc1ccc(Br)c(C(=O)O[C@H](C)C(=O)Nc2ccccc2)c1. The van der Waals surface area contributed by atoms with E-state index in [-0.39, 0.29) is 0 Å². The van der Waals surface area contributed by atoms with E-state index in [1.54, 1.807) is 42.5 Å². The normalized spacial score (nSPS) is 11.4. The topological polar surface area (TPSA) is 64.6 Å². The summed E-state index contributed by atoms with van der Waals surface area (Å²) in [5.41, 5.74) is 0.937. The third-order valence-electron chi connectivity index (χ3n) is 3.09. The number of hydrogen-bond donors (Lipinski definition) is 1. The molecule has 1 N–H and O–H groups in total. The van der Waals surface area contributed by atoms with Crippen LogP contribution in [0.25, 0.3) is 0 Å². The van der Waals surface area contributed by atoms with Crippen LogP contribution in [0.2, 0.25) is 0 Å². The summed E-state index contributed by atoms with van der Waals surface area (Å²) in [5.74, 6) is -0.475. The van der Waals surface area contributed by atoms with E-state index in [0.29, 0.717) is 21.5 Å². The molecule has 0 unspecified atom stereocenters. The van der Waals surface area contributed by atoms with Crippen molar-refractivity contribution in [2.75, 3.05) is 12.4 Å². The standard InChI is InChI=1S/C17H16BrNO4/c1-11(16(20)19-12-6-4-3-5-7-12)23-17(21)14-10-13(22-2)8-9-15(14)18/h3-11H,1-2H3,(H,19,20)/t11-/m1/s1. The molecule has 2 aromatic carbocycles. The number of hydrogen-bond acceptors (Lipinski definition) is 4. The molecule has 0 radical (unpaired) electrons. The van der Waals surface area contributed by atoms with Gasteiger partial charge in [0.2, 0.25) is 0 Å². The predicted molar refractivity (Wildman–Crippen MR) is 90.6 cm³/mol. The summed E-state index contributed by atoms with van der Waals surface area (Å²) in [6, 6.07) is 13.9. The van der Waals surface area contributed by atoms with Crippen molar-refractivity contribution in [1.29, 1.82) is 0 Å². The summed E-state index contributed by atoms with van der Waals surface area (Å²) < 4.78 is 10.9. The van der Waals surface area contributed by atoms with Crippen LogP contribution in [0.3, 0.4) is 0 Å². The van der Waals surface area contributed by atoms with Crippen molar-refractivity contribution < 1.29 is 19.1 Å². The molecule has 0 aliphatic carbocycles. The van der Waals surface area contributed by atoms with Gasteiger partial charge in [-0.3, -0.25) is 4.79 Å². The van der Waals surface area contributed by atoms with E-state index in [4.69, 9.17) is 9.47 Å². The molecule has 5 nitrogen and oxygen atoms in total. The summed E-state index contributed by atoms with van der Waals surface area (Å²) in [7, 11) is 1.51. The van der Waals surface area contributed by atoms with Crippen molar-refractivity contribution in [3.05, 3.63) is 58.6 Å². The van der Waals surface area contributed by atoms with E-state index in [2.05, 4.69) is 21.2 Å². The number of benzene rings is 2. The Labute approximate surface area is 142 Å². The van der Waals surface area contributed by atoms with Crippen molar-refractivity contribution in [2.45, 2.75) is 13.0 Å². The lowest BCUT2D eigenvalue weighted by Crippen LogP contribution is -2.30. The van der Waals surface area contributed by atoms with Gasteiger partial charge in [0, 0.05) is 10.2 Å². The quantitative estimate of drug-likeness (QED) is 0.807. The molecule has 23 heavy (non-hydrogen) atoms. The third kappa shape index (κ3) is 4.56.